The molecule has 2 heterocycles. The van der Waals surface area contributed by atoms with Gasteiger partial charge in [0.1, 0.15) is 5.69 Å². The Hall–Kier alpha value is -1.75. The van der Waals surface area contributed by atoms with Gasteiger partial charge in [0.05, 0.1) is 0 Å². The van der Waals surface area contributed by atoms with Crippen molar-refractivity contribution < 1.29 is 4.52 Å². The highest BCUT2D eigenvalue weighted by Gasteiger charge is 2.31. The molecule has 1 saturated carbocycles. The van der Waals surface area contributed by atoms with Gasteiger partial charge in [-0.05, 0) is 37.4 Å². The van der Waals surface area contributed by atoms with E-state index in [1.54, 1.807) is 6.20 Å². The van der Waals surface area contributed by atoms with E-state index in [9.17, 15) is 0 Å². The summed E-state index contributed by atoms with van der Waals surface area (Å²) in [6.45, 7) is 3.10. The van der Waals surface area contributed by atoms with Crippen LogP contribution in [0.2, 0.25) is 0 Å². The smallest absolute Gasteiger partial charge is 0.228 e. The lowest BCUT2D eigenvalue weighted by molar-refractivity contribution is 0.348. The van der Waals surface area contributed by atoms with Gasteiger partial charge in [-0.3, -0.25) is 4.98 Å². The third kappa shape index (κ3) is 2.98. The number of nitrogens with zero attached hydrogens (tertiary/aromatic N) is 3. The van der Waals surface area contributed by atoms with Crippen molar-refractivity contribution in [1.82, 2.24) is 20.4 Å². The second-order valence-corrected chi connectivity index (χ2v) is 4.93. The highest BCUT2D eigenvalue weighted by atomic mass is 16.5. The predicted molar refractivity (Wildman–Crippen MR) is 71.4 cm³/mol. The molecule has 0 radical (unpaired) electrons. The van der Waals surface area contributed by atoms with Crippen LogP contribution < -0.4 is 5.32 Å². The molecule has 3 rings (SSSR count). The summed E-state index contributed by atoms with van der Waals surface area (Å²) in [7, 11) is 0. The Bertz CT molecular complexity index is 521. The molecule has 19 heavy (non-hydrogen) atoms. The van der Waals surface area contributed by atoms with Crippen LogP contribution in [0, 0.1) is 5.92 Å². The predicted octanol–water partition coefficient (Wildman–Crippen LogP) is 2.06. The van der Waals surface area contributed by atoms with Crippen LogP contribution in [0.4, 0.5) is 0 Å². The van der Waals surface area contributed by atoms with Gasteiger partial charge in [-0.1, -0.05) is 18.1 Å². The number of aromatic nitrogens is 3. The number of nitrogens with one attached hydrogen (secondary N) is 1. The summed E-state index contributed by atoms with van der Waals surface area (Å²) in [6.07, 6.45) is 5.15. The monoisotopic (exact) mass is 258 g/mol. The van der Waals surface area contributed by atoms with Crippen molar-refractivity contribution in [3.63, 3.8) is 0 Å². The van der Waals surface area contributed by atoms with Gasteiger partial charge in [-0.15, -0.1) is 0 Å². The number of pyridine rings is 1. The van der Waals surface area contributed by atoms with E-state index in [0.717, 1.165) is 24.6 Å². The van der Waals surface area contributed by atoms with Gasteiger partial charge in [-0.2, -0.15) is 4.98 Å². The summed E-state index contributed by atoms with van der Waals surface area (Å²) >= 11 is 0. The first-order valence-electron chi connectivity index (χ1n) is 6.84. The minimum absolute atomic E-state index is 0.460. The van der Waals surface area contributed by atoms with Crippen LogP contribution in [-0.2, 0) is 6.42 Å². The summed E-state index contributed by atoms with van der Waals surface area (Å²) in [5, 5.41) is 7.50. The molecule has 0 saturated heterocycles. The first-order valence-corrected chi connectivity index (χ1v) is 6.84. The summed E-state index contributed by atoms with van der Waals surface area (Å²) in [6, 6.07) is 6.14. The van der Waals surface area contributed by atoms with Crippen LogP contribution in [0.25, 0.3) is 11.5 Å². The molecule has 0 amide bonds. The topological polar surface area (TPSA) is 63.8 Å². The Labute approximate surface area is 112 Å². The quantitative estimate of drug-likeness (QED) is 0.859. The Kier molecular flexibility index (Phi) is 3.55. The van der Waals surface area contributed by atoms with Crippen LogP contribution in [0.15, 0.2) is 28.9 Å². The van der Waals surface area contributed by atoms with Crippen LogP contribution in [0.1, 0.15) is 25.7 Å². The van der Waals surface area contributed by atoms with Gasteiger partial charge >= 0.3 is 0 Å². The Balaban J connectivity index is 1.70. The summed E-state index contributed by atoms with van der Waals surface area (Å²) in [5.74, 6) is 2.03. The molecule has 1 atom stereocenters. The lowest BCUT2D eigenvalue weighted by Crippen LogP contribution is -2.33. The molecule has 0 aromatic carbocycles. The summed E-state index contributed by atoms with van der Waals surface area (Å²) in [5.41, 5.74) is 0.754. The maximum absolute atomic E-state index is 5.33. The second kappa shape index (κ2) is 5.48. The fraction of sp³-hybridized carbons (Fsp3) is 0.500. The van der Waals surface area contributed by atoms with Crippen LogP contribution >= 0.6 is 0 Å². The van der Waals surface area contributed by atoms with E-state index in [1.807, 2.05) is 18.2 Å². The zero-order valence-corrected chi connectivity index (χ0v) is 11.0. The van der Waals surface area contributed by atoms with Crippen molar-refractivity contribution in [3.8, 4) is 11.5 Å². The van der Waals surface area contributed by atoms with Crippen molar-refractivity contribution in [1.29, 1.82) is 0 Å². The molecule has 0 bridgehead atoms. The summed E-state index contributed by atoms with van der Waals surface area (Å²) in [4.78, 5) is 8.66. The van der Waals surface area contributed by atoms with Gasteiger partial charge in [0, 0.05) is 18.7 Å². The van der Waals surface area contributed by atoms with E-state index < -0.39 is 0 Å². The highest BCUT2D eigenvalue weighted by Crippen LogP contribution is 2.34. The van der Waals surface area contributed by atoms with Crippen molar-refractivity contribution in [2.75, 3.05) is 6.54 Å². The molecule has 0 aliphatic heterocycles. The average molecular weight is 258 g/mol. The lowest BCUT2D eigenvalue weighted by atomic mass is 10.1. The third-order valence-corrected chi connectivity index (χ3v) is 3.41. The molecule has 0 spiro atoms. The number of hydrogen-bond acceptors (Lipinski definition) is 5. The second-order valence-electron chi connectivity index (χ2n) is 4.93. The van der Waals surface area contributed by atoms with Crippen LogP contribution in [-0.4, -0.2) is 27.7 Å². The average Bonchev–Trinajstić information content (AvgIpc) is 3.19. The van der Waals surface area contributed by atoms with E-state index in [-0.39, 0.29) is 0 Å². The molecule has 1 fully saturated rings. The number of rotatable bonds is 6. The molecular weight excluding hydrogens is 240 g/mol. The first-order chi connectivity index (χ1) is 9.36. The molecule has 5 nitrogen and oxygen atoms in total. The first kappa shape index (κ1) is 12.3. The van der Waals surface area contributed by atoms with Crippen LogP contribution in [0.3, 0.4) is 0 Å². The molecule has 1 N–H and O–H groups in total. The largest absolute Gasteiger partial charge is 0.339 e. The third-order valence-electron chi connectivity index (χ3n) is 3.41. The molecule has 2 aromatic rings. The molecule has 1 aliphatic carbocycles. The van der Waals surface area contributed by atoms with Gasteiger partial charge in [0.15, 0.2) is 0 Å². The van der Waals surface area contributed by atoms with E-state index in [0.29, 0.717) is 17.8 Å². The Morgan fingerprint density at radius 2 is 2.32 bits per heavy atom. The van der Waals surface area contributed by atoms with E-state index in [2.05, 4.69) is 27.4 Å². The molecule has 100 valence electrons. The van der Waals surface area contributed by atoms with Gasteiger partial charge in [-0.25, -0.2) is 0 Å². The van der Waals surface area contributed by atoms with Crippen molar-refractivity contribution in [2.45, 2.75) is 32.2 Å². The van der Waals surface area contributed by atoms with E-state index in [1.165, 1.54) is 12.8 Å². The fourth-order valence-electron chi connectivity index (χ4n) is 2.29. The SMILES string of the molecule is CCNC(Cc1nc(-c2ccccn2)no1)C1CC1. The molecule has 2 aromatic heterocycles. The molecule has 5 heteroatoms. The van der Waals surface area contributed by atoms with Gasteiger partial charge < -0.3 is 9.84 Å². The summed E-state index contributed by atoms with van der Waals surface area (Å²) < 4.78 is 5.33. The van der Waals surface area contributed by atoms with Crippen LogP contribution in [0.5, 0.6) is 0 Å². The Morgan fingerprint density at radius 3 is 3.00 bits per heavy atom. The number of hydrogen-bond donors (Lipinski definition) is 1. The Morgan fingerprint density at radius 1 is 1.42 bits per heavy atom. The molecule has 1 aliphatic rings. The van der Waals surface area contributed by atoms with E-state index >= 15 is 0 Å². The maximum atomic E-state index is 5.33. The maximum Gasteiger partial charge on any atom is 0.228 e. The van der Waals surface area contributed by atoms with Crippen molar-refractivity contribution in [3.05, 3.63) is 30.3 Å². The van der Waals surface area contributed by atoms with Gasteiger partial charge in [0.25, 0.3) is 0 Å². The molecule has 1 unspecified atom stereocenters. The van der Waals surface area contributed by atoms with E-state index in [4.69, 9.17) is 4.52 Å². The normalized spacial score (nSPS) is 16.5. The minimum Gasteiger partial charge on any atom is -0.339 e. The zero-order valence-electron chi connectivity index (χ0n) is 11.0. The highest BCUT2D eigenvalue weighted by molar-refractivity contribution is 5.47. The lowest BCUT2D eigenvalue weighted by Gasteiger charge is -2.14. The van der Waals surface area contributed by atoms with Crippen molar-refractivity contribution >= 4 is 0 Å². The van der Waals surface area contributed by atoms with Gasteiger partial charge in [0.2, 0.25) is 11.7 Å². The van der Waals surface area contributed by atoms with Crippen molar-refractivity contribution in [2.24, 2.45) is 5.92 Å². The molecular formula is C14H18N4O. The minimum atomic E-state index is 0.460. The fourth-order valence-corrected chi connectivity index (χ4v) is 2.29. The zero-order chi connectivity index (χ0) is 13.1. The standard InChI is InChI=1S/C14H18N4O/c1-2-15-12(10-6-7-10)9-13-17-14(18-19-13)11-5-3-4-8-16-11/h3-5,8,10,12,15H,2,6-7,9H2,1H3. The number of likely N-dealkylation sites (N-methyl/N-ethyl adjacent to an activating group) is 1.